The number of nitrogens with zero attached hydrogens (tertiary/aromatic N) is 1. The van der Waals surface area contributed by atoms with Crippen LogP contribution in [-0.4, -0.2) is 22.0 Å². The number of carbonyl (C=O) groups excluding carboxylic acids is 1. The molecule has 6 nitrogen and oxygen atoms in total. The number of amides is 1. The lowest BCUT2D eigenvalue weighted by Crippen LogP contribution is -2.10. The van der Waals surface area contributed by atoms with E-state index in [4.69, 9.17) is 9.52 Å². The van der Waals surface area contributed by atoms with Gasteiger partial charge in [-0.15, -0.1) is 9.24 Å². The molecule has 0 aliphatic carbocycles. The van der Waals surface area contributed by atoms with Crippen LogP contribution < -0.4 is 10.6 Å². The number of aliphatic carboxylic acids is 1. The summed E-state index contributed by atoms with van der Waals surface area (Å²) in [6, 6.07) is 13.9. The molecule has 1 atom stereocenters. The van der Waals surface area contributed by atoms with Crippen molar-refractivity contribution >= 4 is 49.3 Å². The first kappa shape index (κ1) is 22.3. The predicted octanol–water partition coefficient (Wildman–Crippen LogP) is 4.55. The molecule has 0 saturated carbocycles. The van der Waals surface area contributed by atoms with Gasteiger partial charge in [0, 0.05) is 11.6 Å². The van der Waals surface area contributed by atoms with Gasteiger partial charge < -0.3 is 14.8 Å². The van der Waals surface area contributed by atoms with Crippen molar-refractivity contribution in [3.63, 3.8) is 0 Å². The Hall–Kier alpha value is -3.90. The lowest BCUT2D eigenvalue weighted by atomic mass is 10.1. The highest BCUT2D eigenvalue weighted by molar-refractivity contribution is 7.28. The Morgan fingerprint density at radius 1 is 1.12 bits per heavy atom. The van der Waals surface area contributed by atoms with Gasteiger partial charge in [0.25, 0.3) is 0 Å². The maximum absolute atomic E-state index is 13.7. The zero-order chi connectivity index (χ0) is 23.5. The molecule has 0 aliphatic rings. The fourth-order valence-corrected chi connectivity index (χ4v) is 3.61. The normalized spacial score (nSPS) is 11.2. The molecule has 9 heteroatoms. The minimum absolute atomic E-state index is 0.104. The number of oxazole rings is 1. The lowest BCUT2D eigenvalue weighted by molar-refractivity contribution is -0.136. The number of carboxylic acids is 1. The predicted molar refractivity (Wildman–Crippen MR) is 124 cm³/mol. The number of hydrogen-bond acceptors (Lipinski definition) is 4. The van der Waals surface area contributed by atoms with E-state index >= 15 is 0 Å². The third kappa shape index (κ3) is 5.13. The summed E-state index contributed by atoms with van der Waals surface area (Å²) in [5, 5.41) is 12.0. The zero-order valence-corrected chi connectivity index (χ0v) is 18.2. The molecule has 4 rings (SSSR count). The minimum atomic E-state index is -1.12. The summed E-state index contributed by atoms with van der Waals surface area (Å²) in [4.78, 5) is 27.4. The summed E-state index contributed by atoms with van der Waals surface area (Å²) >= 11 is 0. The Bertz CT molecular complexity index is 1420. The highest BCUT2D eigenvalue weighted by Crippen LogP contribution is 2.26. The number of hydrogen-bond donors (Lipinski definition) is 2. The minimum Gasteiger partial charge on any atom is -0.481 e. The highest BCUT2D eigenvalue weighted by atomic mass is 31.0. The zero-order valence-electron chi connectivity index (χ0n) is 17.0. The number of benzene rings is 3. The van der Waals surface area contributed by atoms with Crippen molar-refractivity contribution in [2.45, 2.75) is 6.42 Å². The molecule has 166 valence electrons. The number of carbonyl (C=O) groups is 2. The quantitative estimate of drug-likeness (QED) is 0.321. The van der Waals surface area contributed by atoms with E-state index in [0.29, 0.717) is 33.7 Å². The van der Waals surface area contributed by atoms with Gasteiger partial charge in [-0.05, 0) is 58.9 Å². The summed E-state index contributed by atoms with van der Waals surface area (Å²) in [6.07, 6.45) is 2.65. The van der Waals surface area contributed by atoms with Crippen LogP contribution in [0.1, 0.15) is 11.1 Å². The number of anilines is 1. The number of fused-ring (bicyclic) bond motifs is 1. The van der Waals surface area contributed by atoms with Crippen LogP contribution in [0.2, 0.25) is 0 Å². The first-order valence-electron chi connectivity index (χ1n) is 9.74. The Balaban J connectivity index is 1.51. The Morgan fingerprint density at radius 2 is 1.94 bits per heavy atom. The summed E-state index contributed by atoms with van der Waals surface area (Å²) < 4.78 is 32.7. The van der Waals surface area contributed by atoms with Gasteiger partial charge in [0.05, 0.1) is 12.1 Å². The van der Waals surface area contributed by atoms with E-state index < -0.39 is 23.5 Å². The van der Waals surface area contributed by atoms with Crippen LogP contribution >= 0.6 is 9.24 Å². The van der Waals surface area contributed by atoms with Gasteiger partial charge in [0.15, 0.2) is 17.2 Å². The smallest absolute Gasteiger partial charge is 0.307 e. The molecular formula is C24H17F2N2O4P. The third-order valence-electron chi connectivity index (χ3n) is 4.75. The van der Waals surface area contributed by atoms with Crippen LogP contribution in [0.4, 0.5) is 14.5 Å². The summed E-state index contributed by atoms with van der Waals surface area (Å²) in [5.74, 6) is -3.33. The van der Waals surface area contributed by atoms with E-state index in [1.165, 1.54) is 24.3 Å². The summed E-state index contributed by atoms with van der Waals surface area (Å²) in [7, 11) is 2.57. The van der Waals surface area contributed by atoms with Gasteiger partial charge >= 0.3 is 5.97 Å². The largest absolute Gasteiger partial charge is 0.481 e. The van der Waals surface area contributed by atoms with Gasteiger partial charge in [-0.3, -0.25) is 9.59 Å². The fraction of sp³-hybridized carbons (Fsp3) is 0.0417. The van der Waals surface area contributed by atoms with Gasteiger partial charge in [-0.25, -0.2) is 13.8 Å². The first-order chi connectivity index (χ1) is 15.8. The van der Waals surface area contributed by atoms with Crippen LogP contribution in [0.15, 0.2) is 65.1 Å². The molecule has 0 fully saturated rings. The molecule has 1 heterocycles. The van der Waals surface area contributed by atoms with Crippen LogP contribution in [0, 0.1) is 11.6 Å². The maximum Gasteiger partial charge on any atom is 0.307 e. The molecule has 0 bridgehead atoms. The van der Waals surface area contributed by atoms with Crippen LogP contribution in [0.3, 0.4) is 0 Å². The standard InChI is InChI=1S/C24H17F2N2O4P/c25-16-2-1-3-17(23(16)26)27-21(29)9-6-13-4-7-15(20(33)11-13)24-28-18-10-14(12-22(30)31)5-8-19(18)32-24/h1-11H,12,33H2,(H,27,29)(H,30,31)/b9-6+. The third-order valence-corrected chi connectivity index (χ3v) is 5.23. The number of rotatable bonds is 6. The van der Waals surface area contributed by atoms with Crippen molar-refractivity contribution in [2.75, 3.05) is 5.32 Å². The summed E-state index contributed by atoms with van der Waals surface area (Å²) in [5.41, 5.74) is 2.87. The van der Waals surface area contributed by atoms with E-state index in [1.54, 1.807) is 36.4 Å². The molecule has 3 aromatic carbocycles. The van der Waals surface area contributed by atoms with Crippen molar-refractivity contribution in [1.82, 2.24) is 4.98 Å². The molecule has 2 N–H and O–H groups in total. The average molecular weight is 466 g/mol. The second kappa shape index (κ2) is 9.30. The van der Waals surface area contributed by atoms with Crippen molar-refractivity contribution < 1.29 is 27.9 Å². The van der Waals surface area contributed by atoms with Crippen molar-refractivity contribution in [3.05, 3.63) is 83.4 Å². The molecule has 0 saturated heterocycles. The Kier molecular flexibility index (Phi) is 6.29. The number of carboxylic acid groups (broad SMARTS) is 1. The molecular weight excluding hydrogens is 449 g/mol. The summed E-state index contributed by atoms with van der Waals surface area (Å²) in [6.45, 7) is 0. The van der Waals surface area contributed by atoms with E-state index in [9.17, 15) is 18.4 Å². The molecule has 0 aliphatic heterocycles. The van der Waals surface area contributed by atoms with Crippen molar-refractivity contribution in [2.24, 2.45) is 0 Å². The van der Waals surface area contributed by atoms with Crippen LogP contribution in [0.25, 0.3) is 28.6 Å². The number of aromatic nitrogens is 1. The van der Waals surface area contributed by atoms with Gasteiger partial charge in [0.1, 0.15) is 5.52 Å². The monoisotopic (exact) mass is 466 g/mol. The first-order valence-corrected chi connectivity index (χ1v) is 10.3. The van der Waals surface area contributed by atoms with Crippen molar-refractivity contribution in [1.29, 1.82) is 0 Å². The van der Waals surface area contributed by atoms with E-state index in [2.05, 4.69) is 19.5 Å². The van der Waals surface area contributed by atoms with Gasteiger partial charge in [-0.1, -0.05) is 18.2 Å². The topological polar surface area (TPSA) is 92.4 Å². The maximum atomic E-state index is 13.7. The van der Waals surface area contributed by atoms with Crippen molar-refractivity contribution in [3.8, 4) is 11.5 Å². The second-order valence-electron chi connectivity index (χ2n) is 7.16. The average Bonchev–Trinajstić information content (AvgIpc) is 3.18. The molecule has 33 heavy (non-hydrogen) atoms. The SMILES string of the molecule is O=C(O)Cc1ccc2oc(-c3ccc(/C=C/C(=O)Nc4cccc(F)c4F)cc3P)nc2c1. The Labute approximate surface area is 189 Å². The van der Waals surface area contributed by atoms with Gasteiger partial charge in [0.2, 0.25) is 11.8 Å². The highest BCUT2D eigenvalue weighted by Gasteiger charge is 2.13. The molecule has 0 radical (unpaired) electrons. The van der Waals surface area contributed by atoms with E-state index in [-0.39, 0.29) is 12.1 Å². The molecule has 0 spiro atoms. The van der Waals surface area contributed by atoms with Gasteiger partial charge in [-0.2, -0.15) is 0 Å². The number of nitrogens with one attached hydrogen (secondary N) is 1. The molecule has 1 unspecified atom stereocenters. The van der Waals surface area contributed by atoms with E-state index in [1.807, 2.05) is 0 Å². The van der Waals surface area contributed by atoms with Crippen LogP contribution in [0.5, 0.6) is 0 Å². The lowest BCUT2D eigenvalue weighted by Gasteiger charge is -2.05. The molecule has 4 aromatic rings. The fourth-order valence-electron chi connectivity index (χ4n) is 3.20. The Morgan fingerprint density at radius 3 is 2.70 bits per heavy atom. The molecule has 1 aromatic heterocycles. The van der Waals surface area contributed by atoms with Crippen LogP contribution in [-0.2, 0) is 16.0 Å². The second-order valence-corrected chi connectivity index (χ2v) is 7.78. The number of halogens is 2. The molecule has 1 amide bonds. The van der Waals surface area contributed by atoms with E-state index in [0.717, 1.165) is 11.4 Å².